The molecule has 4 rings (SSSR count). The lowest BCUT2D eigenvalue weighted by Gasteiger charge is -2.24. The molecule has 0 fully saturated rings. The van der Waals surface area contributed by atoms with Crippen LogP contribution in [0.5, 0.6) is 5.75 Å². The third-order valence-electron chi connectivity index (χ3n) is 5.03. The van der Waals surface area contributed by atoms with E-state index in [2.05, 4.69) is 35.2 Å². The molecule has 0 aromatic heterocycles. The second-order valence-corrected chi connectivity index (χ2v) is 8.32. The monoisotopic (exact) mass is 440 g/mol. The molecule has 0 radical (unpaired) electrons. The zero-order chi connectivity index (χ0) is 20.4. The van der Waals surface area contributed by atoms with Crippen molar-refractivity contribution in [2.45, 2.75) is 4.90 Å². The summed E-state index contributed by atoms with van der Waals surface area (Å²) in [6, 6.07) is 20.4. The summed E-state index contributed by atoms with van der Waals surface area (Å²) in [5, 5.41) is 2.34. The van der Waals surface area contributed by atoms with Crippen molar-refractivity contribution in [3.63, 3.8) is 0 Å². The van der Waals surface area contributed by atoms with Crippen LogP contribution in [-0.4, -0.2) is 45.1 Å². The molecule has 1 aliphatic rings. The minimum atomic E-state index is 0. The molecule has 0 saturated heterocycles. The van der Waals surface area contributed by atoms with Gasteiger partial charge in [0.1, 0.15) is 5.75 Å². The standard InChI is InChI=1S/C24H24N2O2S.ClH/c1-25(2)14-15-26-21-13-10-17-6-4-5-7-20(17)24(21)29-22(16-23(26)27)18-8-11-19(28-3)12-9-18;/h4-13,16H,14-15H2,1-3H3;1H. The highest BCUT2D eigenvalue weighted by Crippen LogP contribution is 2.46. The van der Waals surface area contributed by atoms with Gasteiger partial charge in [-0.2, -0.15) is 0 Å². The van der Waals surface area contributed by atoms with Crippen LogP contribution in [-0.2, 0) is 4.79 Å². The average Bonchev–Trinajstić information content (AvgIpc) is 2.88. The summed E-state index contributed by atoms with van der Waals surface area (Å²) >= 11 is 1.66. The van der Waals surface area contributed by atoms with Gasteiger partial charge in [0.2, 0.25) is 0 Å². The van der Waals surface area contributed by atoms with Crippen molar-refractivity contribution in [2.24, 2.45) is 0 Å². The molecule has 0 bridgehead atoms. The van der Waals surface area contributed by atoms with Gasteiger partial charge in [-0.05, 0) is 48.6 Å². The van der Waals surface area contributed by atoms with Crippen molar-refractivity contribution in [3.05, 3.63) is 72.3 Å². The maximum atomic E-state index is 13.2. The van der Waals surface area contributed by atoms with E-state index in [1.807, 2.05) is 49.3 Å². The SMILES string of the molecule is COc1ccc(C2=CC(=O)N(CCN(C)C)c3ccc4ccccc4c3S2)cc1.Cl. The molecular formula is C24H25ClN2O2S. The molecule has 3 aromatic carbocycles. The van der Waals surface area contributed by atoms with Gasteiger partial charge in [0, 0.05) is 29.0 Å². The fraction of sp³-hybridized carbons (Fsp3) is 0.208. The molecule has 30 heavy (non-hydrogen) atoms. The molecule has 0 saturated carbocycles. The van der Waals surface area contributed by atoms with Crippen molar-refractivity contribution in [3.8, 4) is 5.75 Å². The van der Waals surface area contributed by atoms with Gasteiger partial charge in [0.05, 0.1) is 12.8 Å². The summed E-state index contributed by atoms with van der Waals surface area (Å²) in [5.74, 6) is 0.817. The molecule has 0 spiro atoms. The fourth-order valence-corrected chi connectivity index (χ4v) is 4.64. The molecule has 3 aromatic rings. The fourth-order valence-electron chi connectivity index (χ4n) is 3.43. The Labute approximate surface area is 187 Å². The molecule has 1 heterocycles. The molecular weight excluding hydrogens is 416 g/mol. The van der Waals surface area contributed by atoms with Gasteiger partial charge >= 0.3 is 0 Å². The summed E-state index contributed by atoms with van der Waals surface area (Å²) in [6.07, 6.45) is 1.76. The highest BCUT2D eigenvalue weighted by Gasteiger charge is 2.25. The van der Waals surface area contributed by atoms with Crippen molar-refractivity contribution in [2.75, 3.05) is 39.2 Å². The van der Waals surface area contributed by atoms with Gasteiger partial charge in [0.15, 0.2) is 0 Å². The van der Waals surface area contributed by atoms with Gasteiger partial charge in [-0.1, -0.05) is 54.2 Å². The average molecular weight is 441 g/mol. The number of amides is 1. The minimum absolute atomic E-state index is 0. The molecule has 1 amide bonds. The van der Waals surface area contributed by atoms with Gasteiger partial charge in [0.25, 0.3) is 5.91 Å². The largest absolute Gasteiger partial charge is 0.497 e. The van der Waals surface area contributed by atoms with E-state index < -0.39 is 0 Å². The van der Waals surface area contributed by atoms with Crippen LogP contribution in [0.4, 0.5) is 5.69 Å². The number of fused-ring (bicyclic) bond motifs is 3. The van der Waals surface area contributed by atoms with E-state index >= 15 is 0 Å². The first-order valence-corrected chi connectivity index (χ1v) is 10.4. The number of anilines is 1. The smallest absolute Gasteiger partial charge is 0.252 e. The van der Waals surface area contributed by atoms with Crippen molar-refractivity contribution in [1.29, 1.82) is 0 Å². The van der Waals surface area contributed by atoms with Crippen LogP contribution in [0.25, 0.3) is 15.7 Å². The van der Waals surface area contributed by atoms with Gasteiger partial charge in [-0.15, -0.1) is 12.4 Å². The Hall–Kier alpha value is -2.47. The third-order valence-corrected chi connectivity index (χ3v) is 6.23. The van der Waals surface area contributed by atoms with E-state index in [0.717, 1.165) is 33.3 Å². The zero-order valence-electron chi connectivity index (χ0n) is 17.3. The maximum Gasteiger partial charge on any atom is 0.252 e. The number of carbonyl (C=O) groups is 1. The number of halogens is 1. The van der Waals surface area contributed by atoms with E-state index in [4.69, 9.17) is 4.74 Å². The van der Waals surface area contributed by atoms with Gasteiger partial charge < -0.3 is 14.5 Å². The number of thioether (sulfide) groups is 1. The summed E-state index contributed by atoms with van der Waals surface area (Å²) in [7, 11) is 5.71. The normalized spacial score (nSPS) is 13.5. The molecule has 156 valence electrons. The van der Waals surface area contributed by atoms with Crippen LogP contribution < -0.4 is 9.64 Å². The Kier molecular flexibility index (Phi) is 7.08. The van der Waals surface area contributed by atoms with Crippen LogP contribution in [0.1, 0.15) is 5.56 Å². The van der Waals surface area contributed by atoms with Crippen molar-refractivity contribution < 1.29 is 9.53 Å². The number of ether oxygens (including phenoxy) is 1. The lowest BCUT2D eigenvalue weighted by molar-refractivity contribution is -0.114. The molecule has 6 heteroatoms. The Morgan fingerprint density at radius 2 is 1.73 bits per heavy atom. The maximum absolute atomic E-state index is 13.2. The van der Waals surface area contributed by atoms with Gasteiger partial charge in [-0.25, -0.2) is 0 Å². The molecule has 0 unspecified atom stereocenters. The van der Waals surface area contributed by atoms with E-state index in [9.17, 15) is 4.79 Å². The Bertz CT molecular complexity index is 1080. The number of carbonyl (C=O) groups excluding carboxylic acids is 1. The Morgan fingerprint density at radius 3 is 2.43 bits per heavy atom. The molecule has 0 N–H and O–H groups in total. The summed E-state index contributed by atoms with van der Waals surface area (Å²) in [4.78, 5) is 19.3. The van der Waals surface area contributed by atoms with Crippen LogP contribution in [0, 0.1) is 0 Å². The second kappa shape index (κ2) is 9.56. The lowest BCUT2D eigenvalue weighted by Crippen LogP contribution is -2.35. The van der Waals surface area contributed by atoms with Crippen molar-refractivity contribution >= 4 is 51.4 Å². The highest BCUT2D eigenvalue weighted by molar-refractivity contribution is 8.08. The Morgan fingerprint density at radius 1 is 1.00 bits per heavy atom. The lowest BCUT2D eigenvalue weighted by atomic mass is 10.1. The van der Waals surface area contributed by atoms with Crippen LogP contribution >= 0.6 is 24.2 Å². The number of hydrogen-bond acceptors (Lipinski definition) is 4. The molecule has 0 aliphatic carbocycles. The number of methoxy groups -OCH3 is 1. The van der Waals surface area contributed by atoms with Crippen LogP contribution in [0.15, 0.2) is 71.6 Å². The quantitative estimate of drug-likeness (QED) is 0.538. The third kappa shape index (κ3) is 4.48. The second-order valence-electron chi connectivity index (χ2n) is 7.27. The van der Waals surface area contributed by atoms with E-state index in [-0.39, 0.29) is 18.3 Å². The van der Waals surface area contributed by atoms with Crippen LogP contribution in [0.2, 0.25) is 0 Å². The predicted octanol–water partition coefficient (Wildman–Crippen LogP) is 5.31. The first-order valence-electron chi connectivity index (χ1n) is 9.59. The van der Waals surface area contributed by atoms with Gasteiger partial charge in [-0.3, -0.25) is 4.79 Å². The van der Waals surface area contributed by atoms with Crippen molar-refractivity contribution in [1.82, 2.24) is 4.90 Å². The number of rotatable bonds is 5. The molecule has 1 aliphatic heterocycles. The van der Waals surface area contributed by atoms with E-state index in [1.54, 1.807) is 24.9 Å². The minimum Gasteiger partial charge on any atom is -0.497 e. The van der Waals surface area contributed by atoms with E-state index in [1.165, 1.54) is 10.8 Å². The molecule has 0 atom stereocenters. The Balaban J connectivity index is 0.00000256. The first-order chi connectivity index (χ1) is 14.1. The number of nitrogens with zero attached hydrogens (tertiary/aromatic N) is 2. The number of likely N-dealkylation sites (N-methyl/N-ethyl adjacent to an activating group) is 1. The van der Waals surface area contributed by atoms with Crippen LogP contribution in [0.3, 0.4) is 0 Å². The number of benzene rings is 3. The first kappa shape index (κ1) is 22.2. The molecule has 4 nitrogen and oxygen atoms in total. The number of hydrogen-bond donors (Lipinski definition) is 0. The summed E-state index contributed by atoms with van der Waals surface area (Å²) in [6.45, 7) is 1.44. The topological polar surface area (TPSA) is 32.8 Å². The summed E-state index contributed by atoms with van der Waals surface area (Å²) in [5.41, 5.74) is 1.98. The van der Waals surface area contributed by atoms with E-state index in [0.29, 0.717) is 6.54 Å². The zero-order valence-corrected chi connectivity index (χ0v) is 18.9. The highest BCUT2D eigenvalue weighted by atomic mass is 35.5. The summed E-state index contributed by atoms with van der Waals surface area (Å²) < 4.78 is 5.28. The predicted molar refractivity (Wildman–Crippen MR) is 129 cm³/mol.